The lowest BCUT2D eigenvalue weighted by Crippen LogP contribution is -1.97. The monoisotopic (exact) mass is 744 g/mol. The Balaban J connectivity index is 0.914. The van der Waals surface area contributed by atoms with Crippen LogP contribution in [-0.4, -0.2) is 9.13 Å². The molecule has 4 heterocycles. The number of fused-ring (bicyclic) bond motifs is 10. The molecule has 12 aromatic rings. The number of allylic oxidation sites excluding steroid dienone is 1. The minimum atomic E-state index is 0.817. The Bertz CT molecular complexity index is 3610. The summed E-state index contributed by atoms with van der Waals surface area (Å²) in [6.07, 6.45) is 4.31. The van der Waals surface area contributed by atoms with Crippen molar-refractivity contribution in [3.8, 4) is 33.6 Å². The van der Waals surface area contributed by atoms with Gasteiger partial charge in [-0.2, -0.15) is 0 Å². The molecule has 0 bridgehead atoms. The standard InChI is InChI=1S/C54H36N2O2/c1-3-12-47-33(2)40-17-4-7-20-48(40)55(47)38-15-10-13-34(27-38)36-23-25-43-45-31-46-44-26-24-37(30-52(44)58-54(46)32-53(45)57-51(43)29-36)35-14-11-16-39(28-35)56-49-21-8-5-18-41(49)42-19-6-9-22-50(42)56/h3-32H,1-2H3/b12-3-. The maximum Gasteiger partial charge on any atom is 0.139 e. The van der Waals surface area contributed by atoms with Crippen LogP contribution in [0.1, 0.15) is 18.2 Å². The number of para-hydroxylation sites is 3. The van der Waals surface area contributed by atoms with Crippen LogP contribution in [0.15, 0.2) is 185 Å². The quantitative estimate of drug-likeness (QED) is 0.176. The summed E-state index contributed by atoms with van der Waals surface area (Å²) in [6.45, 7) is 4.28. The highest BCUT2D eigenvalue weighted by Crippen LogP contribution is 2.40. The molecule has 0 aliphatic heterocycles. The van der Waals surface area contributed by atoms with Crippen LogP contribution in [0.3, 0.4) is 0 Å². The third kappa shape index (κ3) is 4.82. The molecule has 0 spiro atoms. The van der Waals surface area contributed by atoms with Crippen molar-refractivity contribution >= 4 is 82.7 Å². The summed E-state index contributed by atoms with van der Waals surface area (Å²) in [5.41, 5.74) is 16.2. The molecule has 0 amide bonds. The zero-order valence-corrected chi connectivity index (χ0v) is 32.0. The van der Waals surface area contributed by atoms with Gasteiger partial charge < -0.3 is 18.0 Å². The zero-order valence-electron chi connectivity index (χ0n) is 32.0. The van der Waals surface area contributed by atoms with E-state index in [9.17, 15) is 0 Å². The molecular weight excluding hydrogens is 709 g/mol. The van der Waals surface area contributed by atoms with Crippen molar-refractivity contribution in [3.63, 3.8) is 0 Å². The maximum atomic E-state index is 6.57. The lowest BCUT2D eigenvalue weighted by molar-refractivity contribution is 0.656. The second-order valence-corrected chi connectivity index (χ2v) is 15.3. The Morgan fingerprint density at radius 1 is 0.379 bits per heavy atom. The Labute approximate surface area is 334 Å². The Morgan fingerprint density at radius 2 is 0.845 bits per heavy atom. The minimum Gasteiger partial charge on any atom is -0.456 e. The van der Waals surface area contributed by atoms with E-state index in [1.807, 2.05) is 0 Å². The molecule has 8 aromatic carbocycles. The molecule has 4 aromatic heterocycles. The first-order chi connectivity index (χ1) is 28.6. The summed E-state index contributed by atoms with van der Waals surface area (Å²) in [5, 5.41) is 8.13. The molecule has 4 nitrogen and oxygen atoms in total. The van der Waals surface area contributed by atoms with Gasteiger partial charge in [0, 0.05) is 60.8 Å². The third-order valence-corrected chi connectivity index (χ3v) is 12.0. The first-order valence-electron chi connectivity index (χ1n) is 19.9. The van der Waals surface area contributed by atoms with Crippen molar-refractivity contribution < 1.29 is 8.83 Å². The van der Waals surface area contributed by atoms with Crippen molar-refractivity contribution in [1.82, 2.24) is 9.13 Å². The van der Waals surface area contributed by atoms with Crippen LogP contribution in [0, 0.1) is 6.92 Å². The van der Waals surface area contributed by atoms with Crippen LogP contribution in [0.5, 0.6) is 0 Å². The van der Waals surface area contributed by atoms with Crippen LogP contribution >= 0.6 is 0 Å². The average molecular weight is 745 g/mol. The van der Waals surface area contributed by atoms with E-state index in [0.717, 1.165) is 77.5 Å². The summed E-state index contributed by atoms with van der Waals surface area (Å²) < 4.78 is 17.9. The number of aryl methyl sites for hydroxylation is 1. The fourth-order valence-electron chi connectivity index (χ4n) is 9.31. The molecule has 58 heavy (non-hydrogen) atoms. The smallest absolute Gasteiger partial charge is 0.139 e. The first-order valence-corrected chi connectivity index (χ1v) is 19.9. The van der Waals surface area contributed by atoms with Gasteiger partial charge in [-0.15, -0.1) is 0 Å². The van der Waals surface area contributed by atoms with Crippen molar-refractivity contribution in [2.24, 2.45) is 0 Å². The van der Waals surface area contributed by atoms with Crippen LogP contribution < -0.4 is 0 Å². The highest BCUT2D eigenvalue weighted by molar-refractivity contribution is 6.16. The average Bonchev–Trinajstić information content (AvgIpc) is 4.00. The lowest BCUT2D eigenvalue weighted by Gasteiger charge is -2.11. The molecule has 0 aliphatic rings. The summed E-state index contributed by atoms with van der Waals surface area (Å²) in [7, 11) is 0. The summed E-state index contributed by atoms with van der Waals surface area (Å²) in [4.78, 5) is 0. The van der Waals surface area contributed by atoms with Gasteiger partial charge in [-0.3, -0.25) is 0 Å². The Morgan fingerprint density at radius 3 is 1.40 bits per heavy atom. The Hall–Kier alpha value is -7.56. The lowest BCUT2D eigenvalue weighted by atomic mass is 10.0. The number of aromatic nitrogens is 2. The maximum absolute atomic E-state index is 6.57. The topological polar surface area (TPSA) is 36.1 Å². The second-order valence-electron chi connectivity index (χ2n) is 15.3. The number of rotatable bonds is 5. The molecule has 0 aliphatic carbocycles. The van der Waals surface area contributed by atoms with Gasteiger partial charge in [0.1, 0.15) is 22.3 Å². The van der Waals surface area contributed by atoms with Crippen LogP contribution in [0.2, 0.25) is 0 Å². The molecule has 12 rings (SSSR count). The molecule has 0 N–H and O–H groups in total. The molecule has 0 fully saturated rings. The predicted molar refractivity (Wildman–Crippen MR) is 242 cm³/mol. The number of hydrogen-bond acceptors (Lipinski definition) is 2. The van der Waals surface area contributed by atoms with E-state index in [1.165, 1.54) is 44.0 Å². The van der Waals surface area contributed by atoms with Gasteiger partial charge in [-0.25, -0.2) is 0 Å². The van der Waals surface area contributed by atoms with Gasteiger partial charge in [0.05, 0.1) is 16.6 Å². The van der Waals surface area contributed by atoms with E-state index in [4.69, 9.17) is 8.83 Å². The normalized spacial score (nSPS) is 12.2. The van der Waals surface area contributed by atoms with E-state index in [0.29, 0.717) is 0 Å². The van der Waals surface area contributed by atoms with Gasteiger partial charge in [0.15, 0.2) is 0 Å². The van der Waals surface area contributed by atoms with Crippen molar-refractivity contribution in [1.29, 1.82) is 0 Å². The number of benzene rings is 8. The van der Waals surface area contributed by atoms with Crippen molar-refractivity contribution in [2.75, 3.05) is 0 Å². The molecule has 0 radical (unpaired) electrons. The predicted octanol–water partition coefficient (Wildman–Crippen LogP) is 15.2. The number of hydrogen-bond donors (Lipinski definition) is 0. The zero-order chi connectivity index (χ0) is 38.5. The van der Waals surface area contributed by atoms with E-state index < -0.39 is 0 Å². The van der Waals surface area contributed by atoms with E-state index >= 15 is 0 Å². The van der Waals surface area contributed by atoms with Crippen LogP contribution in [0.25, 0.3) is 116 Å². The molecular formula is C54H36N2O2. The van der Waals surface area contributed by atoms with Gasteiger partial charge in [-0.1, -0.05) is 97.1 Å². The second kappa shape index (κ2) is 12.5. The highest BCUT2D eigenvalue weighted by Gasteiger charge is 2.18. The largest absolute Gasteiger partial charge is 0.456 e. The summed E-state index contributed by atoms with van der Waals surface area (Å²) in [5.74, 6) is 0. The number of nitrogens with zero attached hydrogens (tertiary/aromatic N) is 2. The molecule has 274 valence electrons. The molecule has 0 saturated carbocycles. The first kappa shape index (κ1) is 32.7. The van der Waals surface area contributed by atoms with Crippen LogP contribution in [-0.2, 0) is 0 Å². The van der Waals surface area contributed by atoms with Crippen LogP contribution in [0.4, 0.5) is 0 Å². The third-order valence-electron chi connectivity index (χ3n) is 12.0. The fraction of sp³-hybridized carbons (Fsp3) is 0.0370. The molecule has 0 unspecified atom stereocenters. The highest BCUT2D eigenvalue weighted by atomic mass is 16.3. The fourth-order valence-corrected chi connectivity index (χ4v) is 9.31. The SMILES string of the molecule is C/C=C\c1c(C)c2ccccc2n1-c1cccc(-c2ccc3c(c2)oc2cc4oc5cc(-c6cccc(-n7c8ccccc8c8ccccc87)c6)ccc5c4cc23)c1. The minimum absolute atomic E-state index is 0.817. The molecule has 0 atom stereocenters. The van der Waals surface area contributed by atoms with E-state index in [-0.39, 0.29) is 0 Å². The van der Waals surface area contributed by atoms with Gasteiger partial charge >= 0.3 is 0 Å². The summed E-state index contributed by atoms with van der Waals surface area (Å²) >= 11 is 0. The Kier molecular flexibility index (Phi) is 7.02. The van der Waals surface area contributed by atoms with Crippen molar-refractivity contribution in [3.05, 3.63) is 187 Å². The number of furan rings is 2. The van der Waals surface area contributed by atoms with E-state index in [1.54, 1.807) is 0 Å². The van der Waals surface area contributed by atoms with Gasteiger partial charge in [0.2, 0.25) is 0 Å². The molecule has 4 heteroatoms. The summed E-state index contributed by atoms with van der Waals surface area (Å²) in [6, 6.07) is 60.9. The van der Waals surface area contributed by atoms with Gasteiger partial charge in [0.25, 0.3) is 0 Å². The molecule has 0 saturated heterocycles. The van der Waals surface area contributed by atoms with Crippen molar-refractivity contribution in [2.45, 2.75) is 13.8 Å². The van der Waals surface area contributed by atoms with E-state index in [2.05, 4.69) is 205 Å². The van der Waals surface area contributed by atoms with Gasteiger partial charge in [-0.05, 0) is 121 Å².